The van der Waals surface area contributed by atoms with Crippen LogP contribution in [0, 0.1) is 12.8 Å². The van der Waals surface area contributed by atoms with Gasteiger partial charge in [0.05, 0.1) is 11.5 Å². The predicted molar refractivity (Wildman–Crippen MR) is 81.8 cm³/mol. The third-order valence-corrected chi connectivity index (χ3v) is 5.54. The van der Waals surface area contributed by atoms with Crippen molar-refractivity contribution in [3.63, 3.8) is 0 Å². The van der Waals surface area contributed by atoms with Gasteiger partial charge in [-0.25, -0.2) is 0 Å². The molecule has 0 saturated carbocycles. The van der Waals surface area contributed by atoms with Crippen LogP contribution in [0.2, 0.25) is 0 Å². The van der Waals surface area contributed by atoms with Crippen molar-refractivity contribution in [2.75, 3.05) is 13.7 Å². The molecule has 1 aliphatic carbocycles. The van der Waals surface area contributed by atoms with Crippen molar-refractivity contribution < 1.29 is 22.2 Å². The van der Waals surface area contributed by atoms with Crippen LogP contribution in [0.25, 0.3) is 0 Å². The number of hydrogen-bond donors (Lipinski definition) is 0. The molecule has 0 aromatic heterocycles. The molecule has 1 heterocycles. The van der Waals surface area contributed by atoms with Gasteiger partial charge in [0.1, 0.15) is 0 Å². The summed E-state index contributed by atoms with van der Waals surface area (Å²) in [6.07, 6.45) is 0.765. The highest BCUT2D eigenvalue weighted by atomic mass is 32.2. The molecule has 0 saturated heterocycles. The van der Waals surface area contributed by atoms with Crippen LogP contribution in [-0.2, 0) is 23.9 Å². The van der Waals surface area contributed by atoms with Gasteiger partial charge in [-0.05, 0) is 37.8 Å². The van der Waals surface area contributed by atoms with Gasteiger partial charge < -0.3 is 0 Å². The van der Waals surface area contributed by atoms with E-state index in [9.17, 15) is 18.0 Å². The first kappa shape index (κ1) is 15.9. The summed E-state index contributed by atoms with van der Waals surface area (Å²) in [6.45, 7) is 1.83. The van der Waals surface area contributed by atoms with Gasteiger partial charge in [0, 0.05) is 18.2 Å². The standard InChI is InChI=1S/C16H17NO5S/c1-10-3-5-12(6-4-10)23(20,21)22-9-11-7-13-14(8-11)16(19)17(2)15(13)18/h3-6,11H,7-9H2,1-2H3. The molecule has 0 fully saturated rings. The van der Waals surface area contributed by atoms with Crippen LogP contribution in [0.15, 0.2) is 40.3 Å². The highest BCUT2D eigenvalue weighted by molar-refractivity contribution is 7.86. The Morgan fingerprint density at radius 3 is 2.13 bits per heavy atom. The second-order valence-corrected chi connectivity index (χ2v) is 7.57. The van der Waals surface area contributed by atoms with E-state index in [1.807, 2.05) is 6.92 Å². The zero-order chi connectivity index (χ0) is 16.8. The van der Waals surface area contributed by atoms with Gasteiger partial charge in [-0.1, -0.05) is 17.7 Å². The number of likely N-dealkylation sites (tertiary alicyclic amines) is 1. The summed E-state index contributed by atoms with van der Waals surface area (Å²) < 4.78 is 29.4. The summed E-state index contributed by atoms with van der Waals surface area (Å²) in [5, 5.41) is 0. The average molecular weight is 335 g/mol. The van der Waals surface area contributed by atoms with Gasteiger partial charge in [-0.15, -0.1) is 0 Å². The lowest BCUT2D eigenvalue weighted by Gasteiger charge is -2.15. The molecule has 122 valence electrons. The monoisotopic (exact) mass is 335 g/mol. The summed E-state index contributed by atoms with van der Waals surface area (Å²) in [4.78, 5) is 25.0. The van der Waals surface area contributed by atoms with E-state index in [4.69, 9.17) is 4.18 Å². The number of aryl methyl sites for hydroxylation is 1. The number of nitrogens with zero attached hydrogens (tertiary/aromatic N) is 1. The molecule has 1 aromatic rings. The highest BCUT2D eigenvalue weighted by Gasteiger charge is 2.41. The molecule has 2 amide bonds. The molecule has 0 N–H and O–H groups in total. The molecule has 1 aliphatic heterocycles. The Labute approximate surface area is 134 Å². The van der Waals surface area contributed by atoms with Crippen molar-refractivity contribution in [1.29, 1.82) is 0 Å². The smallest absolute Gasteiger partial charge is 0.278 e. The van der Waals surface area contributed by atoms with E-state index in [1.54, 1.807) is 12.1 Å². The minimum atomic E-state index is -3.82. The Hall–Kier alpha value is -1.99. The van der Waals surface area contributed by atoms with E-state index in [0.29, 0.717) is 24.0 Å². The second-order valence-electron chi connectivity index (χ2n) is 5.95. The number of carbonyl (C=O) groups is 2. The maximum absolute atomic E-state index is 12.1. The van der Waals surface area contributed by atoms with E-state index >= 15 is 0 Å². The number of likely N-dealkylation sites (N-methyl/N-ethyl adjacent to an activating group) is 1. The van der Waals surface area contributed by atoms with Crippen LogP contribution >= 0.6 is 0 Å². The molecule has 0 unspecified atom stereocenters. The molecule has 23 heavy (non-hydrogen) atoms. The molecule has 0 bridgehead atoms. The topological polar surface area (TPSA) is 80.8 Å². The molecule has 0 spiro atoms. The SMILES string of the molecule is Cc1ccc(S(=O)(=O)OCC2CC3=C(C2)C(=O)N(C)C3=O)cc1. The minimum Gasteiger partial charge on any atom is -0.278 e. The Morgan fingerprint density at radius 2 is 1.61 bits per heavy atom. The van der Waals surface area contributed by atoms with Gasteiger partial charge in [-0.2, -0.15) is 8.42 Å². The van der Waals surface area contributed by atoms with Crippen molar-refractivity contribution in [2.45, 2.75) is 24.7 Å². The van der Waals surface area contributed by atoms with Crippen LogP contribution in [0.3, 0.4) is 0 Å². The van der Waals surface area contributed by atoms with Gasteiger partial charge >= 0.3 is 0 Å². The molecule has 6 nitrogen and oxygen atoms in total. The number of rotatable bonds is 4. The van der Waals surface area contributed by atoms with Crippen LogP contribution in [-0.4, -0.2) is 38.8 Å². The maximum Gasteiger partial charge on any atom is 0.296 e. The fraction of sp³-hybridized carbons (Fsp3) is 0.375. The van der Waals surface area contributed by atoms with Crippen molar-refractivity contribution in [3.8, 4) is 0 Å². The van der Waals surface area contributed by atoms with E-state index < -0.39 is 10.1 Å². The van der Waals surface area contributed by atoms with E-state index in [0.717, 1.165) is 10.5 Å². The first-order valence-electron chi connectivity index (χ1n) is 7.30. The fourth-order valence-electron chi connectivity index (χ4n) is 2.90. The van der Waals surface area contributed by atoms with Crippen LogP contribution in [0.1, 0.15) is 18.4 Å². The normalized spacial score (nSPS) is 19.0. The van der Waals surface area contributed by atoms with Crippen LogP contribution in [0.4, 0.5) is 0 Å². The lowest BCUT2D eigenvalue weighted by Crippen LogP contribution is -2.29. The third-order valence-electron chi connectivity index (χ3n) is 4.24. The Bertz CT molecular complexity index is 779. The number of benzene rings is 1. The van der Waals surface area contributed by atoms with E-state index in [1.165, 1.54) is 19.2 Å². The summed E-state index contributed by atoms with van der Waals surface area (Å²) in [7, 11) is -2.37. The minimum absolute atomic E-state index is 0.0342. The largest absolute Gasteiger partial charge is 0.296 e. The summed E-state index contributed by atoms with van der Waals surface area (Å²) in [5.74, 6) is -0.732. The average Bonchev–Trinajstić information content (AvgIpc) is 3.02. The molecule has 3 rings (SSSR count). The number of imide groups is 1. The first-order valence-corrected chi connectivity index (χ1v) is 8.71. The van der Waals surface area contributed by atoms with Gasteiger partial charge in [0.25, 0.3) is 21.9 Å². The zero-order valence-electron chi connectivity index (χ0n) is 12.9. The summed E-state index contributed by atoms with van der Waals surface area (Å²) >= 11 is 0. The number of hydrogen-bond acceptors (Lipinski definition) is 5. The van der Waals surface area contributed by atoms with Crippen molar-refractivity contribution in [3.05, 3.63) is 41.0 Å². The van der Waals surface area contributed by atoms with Crippen molar-refractivity contribution in [1.82, 2.24) is 4.90 Å². The van der Waals surface area contributed by atoms with Gasteiger partial charge in [-0.3, -0.25) is 18.7 Å². The predicted octanol–water partition coefficient (Wildman–Crippen LogP) is 1.41. The van der Waals surface area contributed by atoms with E-state index in [2.05, 4.69) is 0 Å². The first-order chi connectivity index (χ1) is 10.8. The third kappa shape index (κ3) is 2.82. The lowest BCUT2D eigenvalue weighted by molar-refractivity contribution is -0.136. The van der Waals surface area contributed by atoms with Crippen molar-refractivity contribution in [2.24, 2.45) is 5.92 Å². The second kappa shape index (κ2) is 5.58. The summed E-state index contributed by atoms with van der Waals surface area (Å²) in [5.41, 5.74) is 1.96. The molecule has 0 atom stereocenters. The molecule has 7 heteroatoms. The maximum atomic E-state index is 12.1. The number of amides is 2. The molecule has 2 aliphatic rings. The highest BCUT2D eigenvalue weighted by Crippen LogP contribution is 2.38. The Balaban J connectivity index is 1.64. The molecular formula is C16H17NO5S. The number of carbonyl (C=O) groups excluding carboxylic acids is 2. The summed E-state index contributed by atoms with van der Waals surface area (Å²) in [6, 6.07) is 6.41. The van der Waals surface area contributed by atoms with Crippen molar-refractivity contribution >= 4 is 21.9 Å². The molecular weight excluding hydrogens is 318 g/mol. The lowest BCUT2D eigenvalue weighted by atomic mass is 10.1. The van der Waals surface area contributed by atoms with Crippen LogP contribution < -0.4 is 0 Å². The Morgan fingerprint density at radius 1 is 1.09 bits per heavy atom. The quantitative estimate of drug-likeness (QED) is 0.614. The molecule has 1 aromatic carbocycles. The zero-order valence-corrected chi connectivity index (χ0v) is 13.7. The molecule has 0 radical (unpaired) electrons. The van der Waals surface area contributed by atoms with Gasteiger partial charge in [0.2, 0.25) is 0 Å². The van der Waals surface area contributed by atoms with Gasteiger partial charge in [0.15, 0.2) is 0 Å². The van der Waals surface area contributed by atoms with Crippen LogP contribution in [0.5, 0.6) is 0 Å². The Kier molecular flexibility index (Phi) is 3.85. The van der Waals surface area contributed by atoms with E-state index in [-0.39, 0.29) is 29.2 Å². The fourth-order valence-corrected chi connectivity index (χ4v) is 3.88.